The Hall–Kier alpha value is -2.82. The normalized spacial score (nSPS) is 18.0. The molecule has 3 aromatic carbocycles. The molecule has 0 radical (unpaired) electrons. The molecule has 0 bridgehead atoms. The second kappa shape index (κ2) is 8.90. The van der Waals surface area contributed by atoms with Gasteiger partial charge in [0.05, 0.1) is 0 Å². The zero-order valence-corrected chi connectivity index (χ0v) is 17.2. The molecule has 4 heteroatoms. The van der Waals surface area contributed by atoms with Crippen molar-refractivity contribution in [2.24, 2.45) is 5.92 Å². The van der Waals surface area contributed by atoms with Crippen molar-refractivity contribution in [1.29, 1.82) is 0 Å². The van der Waals surface area contributed by atoms with Crippen molar-refractivity contribution in [1.82, 2.24) is 10.2 Å². The summed E-state index contributed by atoms with van der Waals surface area (Å²) in [6.07, 6.45) is 2.62. The van der Waals surface area contributed by atoms with E-state index < -0.39 is 0 Å². The summed E-state index contributed by atoms with van der Waals surface area (Å²) < 4.78 is 12.5. The van der Waals surface area contributed by atoms with Gasteiger partial charge in [0, 0.05) is 32.2 Å². The van der Waals surface area contributed by atoms with Gasteiger partial charge in [0.15, 0.2) is 11.5 Å². The van der Waals surface area contributed by atoms with E-state index in [4.69, 9.17) is 9.47 Å². The van der Waals surface area contributed by atoms with Crippen LogP contribution in [-0.2, 0) is 0 Å². The van der Waals surface area contributed by atoms with Gasteiger partial charge in [-0.25, -0.2) is 0 Å². The van der Waals surface area contributed by atoms with Gasteiger partial charge in [-0.2, -0.15) is 0 Å². The lowest BCUT2D eigenvalue weighted by Gasteiger charge is -2.35. The first-order chi connectivity index (χ1) is 14.9. The summed E-state index contributed by atoms with van der Waals surface area (Å²) in [5, 5.41) is 3.47. The summed E-state index contributed by atoms with van der Waals surface area (Å²) in [7, 11) is 0. The SMILES string of the molecule is c1ccc(Oc2ccc([C@H](C3CC3)N3CCNCC3)cc2Oc2ccccc2)cc1. The Morgan fingerprint density at radius 2 is 1.33 bits per heavy atom. The van der Waals surface area contributed by atoms with Crippen LogP contribution in [0.2, 0.25) is 0 Å². The number of hydrogen-bond donors (Lipinski definition) is 1. The lowest BCUT2D eigenvalue weighted by molar-refractivity contribution is 0.156. The van der Waals surface area contributed by atoms with Crippen LogP contribution < -0.4 is 14.8 Å². The van der Waals surface area contributed by atoms with Crippen LogP contribution in [-0.4, -0.2) is 31.1 Å². The van der Waals surface area contributed by atoms with Gasteiger partial charge >= 0.3 is 0 Å². The Balaban J connectivity index is 1.48. The van der Waals surface area contributed by atoms with Crippen molar-refractivity contribution in [3.05, 3.63) is 84.4 Å². The fourth-order valence-corrected chi connectivity index (χ4v) is 4.26. The van der Waals surface area contributed by atoms with Gasteiger partial charge in [0.2, 0.25) is 0 Å². The molecule has 5 rings (SSSR count). The topological polar surface area (TPSA) is 33.7 Å². The second-order valence-corrected chi connectivity index (χ2v) is 8.10. The minimum Gasteiger partial charge on any atom is -0.453 e. The Bertz CT molecular complexity index is 951. The number of para-hydroxylation sites is 2. The standard InChI is InChI=1S/C26H28N2O2/c1-3-7-22(8-4-1)29-24-14-13-21(19-25(24)30-23-9-5-2-6-10-23)26(20-11-12-20)28-17-15-27-16-18-28/h1-10,13-14,19-20,26-27H,11-12,15-18H2/t26-/m0/s1. The number of ether oxygens (including phenoxy) is 2. The number of nitrogens with zero attached hydrogens (tertiary/aromatic N) is 1. The van der Waals surface area contributed by atoms with E-state index in [0.29, 0.717) is 6.04 Å². The molecule has 1 saturated heterocycles. The second-order valence-electron chi connectivity index (χ2n) is 8.10. The number of rotatable bonds is 7. The van der Waals surface area contributed by atoms with E-state index >= 15 is 0 Å². The zero-order valence-electron chi connectivity index (χ0n) is 17.2. The quantitative estimate of drug-likeness (QED) is 0.557. The molecule has 0 unspecified atom stereocenters. The summed E-state index contributed by atoms with van der Waals surface area (Å²) in [5.41, 5.74) is 1.32. The molecule has 3 aromatic rings. The van der Waals surface area contributed by atoms with Crippen LogP contribution in [0.25, 0.3) is 0 Å². The third-order valence-corrected chi connectivity index (χ3v) is 5.86. The zero-order chi connectivity index (χ0) is 20.2. The van der Waals surface area contributed by atoms with Gasteiger partial charge < -0.3 is 14.8 Å². The van der Waals surface area contributed by atoms with Crippen LogP contribution in [0.3, 0.4) is 0 Å². The Morgan fingerprint density at radius 3 is 1.93 bits per heavy atom. The molecule has 4 nitrogen and oxygen atoms in total. The summed E-state index contributed by atoms with van der Waals surface area (Å²) in [4.78, 5) is 2.63. The third kappa shape index (κ3) is 4.50. The van der Waals surface area contributed by atoms with Crippen molar-refractivity contribution in [2.45, 2.75) is 18.9 Å². The first-order valence-corrected chi connectivity index (χ1v) is 10.9. The van der Waals surface area contributed by atoms with E-state index in [9.17, 15) is 0 Å². The molecule has 154 valence electrons. The lowest BCUT2D eigenvalue weighted by atomic mass is 9.99. The summed E-state index contributed by atoms with van der Waals surface area (Å²) in [5.74, 6) is 3.88. The Labute approximate surface area is 178 Å². The average Bonchev–Trinajstić information content (AvgIpc) is 3.63. The van der Waals surface area contributed by atoms with Crippen molar-refractivity contribution in [3.63, 3.8) is 0 Å². The van der Waals surface area contributed by atoms with Crippen LogP contribution in [0.15, 0.2) is 78.9 Å². The Morgan fingerprint density at radius 1 is 0.733 bits per heavy atom. The minimum atomic E-state index is 0.455. The highest BCUT2D eigenvalue weighted by atomic mass is 16.5. The molecule has 1 aliphatic heterocycles. The molecule has 1 saturated carbocycles. The number of benzene rings is 3. The van der Waals surface area contributed by atoms with Crippen molar-refractivity contribution in [3.8, 4) is 23.0 Å². The maximum atomic E-state index is 6.30. The average molecular weight is 401 g/mol. The maximum absolute atomic E-state index is 6.30. The number of hydrogen-bond acceptors (Lipinski definition) is 4. The fourth-order valence-electron chi connectivity index (χ4n) is 4.26. The van der Waals surface area contributed by atoms with E-state index in [2.05, 4.69) is 28.4 Å². The molecule has 30 heavy (non-hydrogen) atoms. The highest BCUT2D eigenvalue weighted by Crippen LogP contribution is 2.47. The molecule has 1 atom stereocenters. The van der Waals surface area contributed by atoms with Crippen LogP contribution in [0, 0.1) is 5.92 Å². The van der Waals surface area contributed by atoms with E-state index in [-0.39, 0.29) is 0 Å². The molecule has 0 spiro atoms. The van der Waals surface area contributed by atoms with Crippen LogP contribution in [0.5, 0.6) is 23.0 Å². The first-order valence-electron chi connectivity index (χ1n) is 10.9. The van der Waals surface area contributed by atoms with Gasteiger partial charge in [-0.15, -0.1) is 0 Å². The van der Waals surface area contributed by atoms with Crippen molar-refractivity contribution >= 4 is 0 Å². The summed E-state index contributed by atoms with van der Waals surface area (Å²) in [6.45, 7) is 4.31. The fraction of sp³-hybridized carbons (Fsp3) is 0.308. The minimum absolute atomic E-state index is 0.455. The largest absolute Gasteiger partial charge is 0.453 e. The van der Waals surface area contributed by atoms with Crippen LogP contribution in [0.1, 0.15) is 24.4 Å². The van der Waals surface area contributed by atoms with E-state index in [1.54, 1.807) is 0 Å². The monoisotopic (exact) mass is 400 g/mol. The van der Waals surface area contributed by atoms with Gasteiger partial charge in [-0.05, 0) is 60.7 Å². The summed E-state index contributed by atoms with van der Waals surface area (Å²) in [6, 6.07) is 26.8. The maximum Gasteiger partial charge on any atom is 0.170 e. The smallest absolute Gasteiger partial charge is 0.170 e. The molecule has 2 aliphatic rings. The van der Waals surface area contributed by atoms with Crippen molar-refractivity contribution in [2.75, 3.05) is 26.2 Å². The first kappa shape index (κ1) is 19.2. The molecule has 0 amide bonds. The van der Waals surface area contributed by atoms with E-state index in [1.165, 1.54) is 18.4 Å². The van der Waals surface area contributed by atoms with Crippen molar-refractivity contribution < 1.29 is 9.47 Å². The van der Waals surface area contributed by atoms with E-state index in [1.807, 2.05) is 60.7 Å². The number of piperazine rings is 1. The predicted molar refractivity (Wildman–Crippen MR) is 119 cm³/mol. The molecule has 1 N–H and O–H groups in total. The van der Waals surface area contributed by atoms with Gasteiger partial charge in [0.25, 0.3) is 0 Å². The predicted octanol–water partition coefficient (Wildman–Crippen LogP) is 5.63. The van der Waals surface area contributed by atoms with Crippen LogP contribution >= 0.6 is 0 Å². The number of nitrogens with one attached hydrogen (secondary N) is 1. The molecule has 2 fully saturated rings. The molecule has 1 heterocycles. The lowest BCUT2D eigenvalue weighted by Crippen LogP contribution is -2.45. The summed E-state index contributed by atoms with van der Waals surface area (Å²) >= 11 is 0. The molecular weight excluding hydrogens is 372 g/mol. The molecule has 1 aliphatic carbocycles. The van der Waals surface area contributed by atoms with E-state index in [0.717, 1.165) is 55.1 Å². The van der Waals surface area contributed by atoms with Gasteiger partial charge in [-0.3, -0.25) is 4.90 Å². The molecule has 0 aromatic heterocycles. The van der Waals surface area contributed by atoms with Gasteiger partial charge in [-0.1, -0.05) is 42.5 Å². The Kier molecular flexibility index (Phi) is 5.69. The van der Waals surface area contributed by atoms with Crippen LogP contribution in [0.4, 0.5) is 0 Å². The highest BCUT2D eigenvalue weighted by Gasteiger charge is 2.37. The molecular formula is C26H28N2O2. The highest BCUT2D eigenvalue weighted by molar-refractivity contribution is 5.48. The van der Waals surface area contributed by atoms with Gasteiger partial charge in [0.1, 0.15) is 11.5 Å². The third-order valence-electron chi connectivity index (χ3n) is 5.86.